The van der Waals surface area contributed by atoms with Gasteiger partial charge in [-0.25, -0.2) is 4.39 Å². The quantitative estimate of drug-likeness (QED) is 0.574. The molecule has 4 rings (SSSR count). The summed E-state index contributed by atoms with van der Waals surface area (Å²) >= 11 is 0. The Balaban J connectivity index is 1.45. The van der Waals surface area contributed by atoms with Gasteiger partial charge in [0.25, 0.3) is 0 Å². The first kappa shape index (κ1) is 23.5. The van der Waals surface area contributed by atoms with Gasteiger partial charge in [0.2, 0.25) is 0 Å². The summed E-state index contributed by atoms with van der Waals surface area (Å²) in [5, 5.41) is 14.4. The molecule has 9 heteroatoms. The van der Waals surface area contributed by atoms with E-state index in [9.17, 15) is 22.7 Å². The molecule has 1 heterocycles. The largest absolute Gasteiger partial charge is 0.493 e. The van der Waals surface area contributed by atoms with E-state index in [0.29, 0.717) is 30.8 Å². The molecule has 4 aliphatic rings. The number of allylic oxidation sites excluding steroid dienone is 5. The Bertz CT molecular complexity index is 961. The lowest BCUT2D eigenvalue weighted by atomic mass is 9.76. The standard InChI is InChI=1S/C24H26F4N2O3/c1-32-17-8-4-15(5-9-17)21-22(29-30-23(21)24(26,27)28)19-11-10-18(12-20(19)31)33-13-14-2-6-16(25)7-3-14/h2,4-8,10-12,14,17,19-22,29,31H,3,9,13H2,1H3. The van der Waals surface area contributed by atoms with Gasteiger partial charge in [0.1, 0.15) is 11.6 Å². The van der Waals surface area contributed by atoms with Gasteiger partial charge >= 0.3 is 6.18 Å². The molecule has 0 amide bonds. The van der Waals surface area contributed by atoms with Gasteiger partial charge in [-0.15, -0.1) is 0 Å². The molecule has 0 bridgehead atoms. The Hall–Kier alpha value is -2.65. The van der Waals surface area contributed by atoms with E-state index < -0.39 is 35.9 Å². The summed E-state index contributed by atoms with van der Waals surface area (Å²) in [5.41, 5.74) is 2.20. The Labute approximate surface area is 189 Å². The number of rotatable bonds is 6. The first-order valence-corrected chi connectivity index (χ1v) is 10.8. The van der Waals surface area contributed by atoms with Gasteiger partial charge in [0, 0.05) is 18.9 Å². The maximum atomic E-state index is 13.7. The molecule has 0 aromatic heterocycles. The Kier molecular flexibility index (Phi) is 6.90. The van der Waals surface area contributed by atoms with Crippen molar-refractivity contribution in [3.05, 3.63) is 71.8 Å². The first-order valence-electron chi connectivity index (χ1n) is 10.8. The number of aliphatic hydroxyl groups is 1. The van der Waals surface area contributed by atoms with Crippen LogP contribution < -0.4 is 5.43 Å². The molecule has 178 valence electrons. The minimum atomic E-state index is -4.60. The third kappa shape index (κ3) is 5.30. The second kappa shape index (κ2) is 9.69. The van der Waals surface area contributed by atoms with Gasteiger partial charge in [-0.05, 0) is 42.7 Å². The monoisotopic (exact) mass is 466 g/mol. The average Bonchev–Trinajstić information content (AvgIpc) is 3.24. The molecule has 6 unspecified atom stereocenters. The summed E-state index contributed by atoms with van der Waals surface area (Å²) < 4.78 is 65.2. The molecule has 0 radical (unpaired) electrons. The molecular weight excluding hydrogens is 440 g/mol. The summed E-state index contributed by atoms with van der Waals surface area (Å²) in [4.78, 5) is 0. The van der Waals surface area contributed by atoms with E-state index >= 15 is 0 Å². The van der Waals surface area contributed by atoms with Gasteiger partial charge in [0.05, 0.1) is 30.8 Å². The number of ether oxygens (including phenoxy) is 2. The fourth-order valence-corrected chi connectivity index (χ4v) is 4.44. The van der Waals surface area contributed by atoms with Crippen LogP contribution in [-0.4, -0.2) is 49.0 Å². The highest BCUT2D eigenvalue weighted by Gasteiger charge is 2.51. The molecule has 0 saturated heterocycles. The number of hydrogen-bond donors (Lipinski definition) is 2. The van der Waals surface area contributed by atoms with E-state index in [4.69, 9.17) is 9.47 Å². The second-order valence-electron chi connectivity index (χ2n) is 8.45. The van der Waals surface area contributed by atoms with E-state index in [1.807, 2.05) is 0 Å². The number of halogens is 4. The van der Waals surface area contributed by atoms with E-state index in [1.54, 1.807) is 43.6 Å². The SMILES string of the molecule is COC1C=CC(C2C(C(F)(F)F)=NNC2C2C=CC(OCC3C=CC(F)=CC3)=CC2O)=CC1. The highest BCUT2D eigenvalue weighted by Crippen LogP contribution is 2.39. The van der Waals surface area contributed by atoms with Crippen molar-refractivity contribution >= 4 is 5.71 Å². The number of methoxy groups -OCH3 is 1. The molecule has 6 atom stereocenters. The average molecular weight is 466 g/mol. The van der Waals surface area contributed by atoms with Crippen LogP contribution >= 0.6 is 0 Å². The van der Waals surface area contributed by atoms with Crippen LogP contribution in [0.3, 0.4) is 0 Å². The number of hydrogen-bond acceptors (Lipinski definition) is 5. The minimum absolute atomic E-state index is 0.0123. The number of hydrazone groups is 1. The Morgan fingerprint density at radius 2 is 1.94 bits per heavy atom. The van der Waals surface area contributed by atoms with Crippen LogP contribution in [0.4, 0.5) is 17.6 Å². The third-order valence-electron chi connectivity index (χ3n) is 6.26. The van der Waals surface area contributed by atoms with Gasteiger partial charge in [-0.2, -0.15) is 18.3 Å². The number of nitrogens with zero attached hydrogens (tertiary/aromatic N) is 1. The predicted octanol–water partition coefficient (Wildman–Crippen LogP) is 4.27. The predicted molar refractivity (Wildman–Crippen MR) is 116 cm³/mol. The Morgan fingerprint density at radius 3 is 2.55 bits per heavy atom. The maximum Gasteiger partial charge on any atom is 0.431 e. The number of alkyl halides is 3. The van der Waals surface area contributed by atoms with Crippen molar-refractivity contribution in [3.8, 4) is 0 Å². The maximum absolute atomic E-state index is 13.7. The van der Waals surface area contributed by atoms with Crippen molar-refractivity contribution in [2.24, 2.45) is 22.9 Å². The minimum Gasteiger partial charge on any atom is -0.493 e. The van der Waals surface area contributed by atoms with Crippen molar-refractivity contribution in [2.45, 2.75) is 37.3 Å². The van der Waals surface area contributed by atoms with Crippen LogP contribution in [-0.2, 0) is 9.47 Å². The van der Waals surface area contributed by atoms with Gasteiger partial charge in [-0.3, -0.25) is 0 Å². The molecular formula is C24H26F4N2O3. The van der Waals surface area contributed by atoms with E-state index in [2.05, 4.69) is 10.5 Å². The van der Waals surface area contributed by atoms with Crippen LogP contribution in [0.5, 0.6) is 0 Å². The number of aliphatic hydroxyl groups excluding tert-OH is 1. The zero-order valence-electron chi connectivity index (χ0n) is 18.0. The van der Waals surface area contributed by atoms with Crippen LogP contribution in [0.25, 0.3) is 0 Å². The van der Waals surface area contributed by atoms with E-state index in [0.717, 1.165) is 0 Å². The fraction of sp³-hybridized carbons (Fsp3) is 0.458. The van der Waals surface area contributed by atoms with Crippen LogP contribution in [0.1, 0.15) is 12.8 Å². The van der Waals surface area contributed by atoms with Crippen molar-refractivity contribution < 1.29 is 32.1 Å². The van der Waals surface area contributed by atoms with Crippen LogP contribution in [0.2, 0.25) is 0 Å². The van der Waals surface area contributed by atoms with Crippen molar-refractivity contribution in [2.75, 3.05) is 13.7 Å². The van der Waals surface area contributed by atoms with Crippen LogP contribution in [0.15, 0.2) is 76.9 Å². The highest BCUT2D eigenvalue weighted by molar-refractivity contribution is 5.96. The molecule has 0 saturated carbocycles. The van der Waals surface area contributed by atoms with Crippen molar-refractivity contribution in [1.29, 1.82) is 0 Å². The third-order valence-corrected chi connectivity index (χ3v) is 6.26. The topological polar surface area (TPSA) is 63.1 Å². The van der Waals surface area contributed by atoms with Gasteiger partial charge in [0.15, 0.2) is 5.71 Å². The smallest absolute Gasteiger partial charge is 0.431 e. The normalized spacial score (nSPS) is 33.8. The van der Waals surface area contributed by atoms with Gasteiger partial charge < -0.3 is 20.0 Å². The molecule has 0 aromatic carbocycles. The van der Waals surface area contributed by atoms with E-state index in [1.165, 1.54) is 18.2 Å². The molecule has 1 aliphatic heterocycles. The lowest BCUT2D eigenvalue weighted by Crippen LogP contribution is -2.45. The van der Waals surface area contributed by atoms with E-state index in [-0.39, 0.29) is 17.8 Å². The molecule has 0 aromatic rings. The molecule has 33 heavy (non-hydrogen) atoms. The summed E-state index contributed by atoms with van der Waals surface area (Å²) in [5.74, 6) is -1.55. The Morgan fingerprint density at radius 1 is 1.12 bits per heavy atom. The van der Waals surface area contributed by atoms with Crippen molar-refractivity contribution in [1.82, 2.24) is 5.43 Å². The molecule has 0 spiro atoms. The fourth-order valence-electron chi connectivity index (χ4n) is 4.44. The zero-order chi connectivity index (χ0) is 23.6. The number of nitrogens with one attached hydrogen (secondary N) is 1. The van der Waals surface area contributed by atoms with Gasteiger partial charge in [-0.1, -0.05) is 30.4 Å². The molecule has 0 fully saturated rings. The lowest BCUT2D eigenvalue weighted by molar-refractivity contribution is -0.0619. The second-order valence-corrected chi connectivity index (χ2v) is 8.45. The summed E-state index contributed by atoms with van der Waals surface area (Å²) in [6.07, 6.45) is 9.64. The molecule has 2 N–H and O–H groups in total. The summed E-state index contributed by atoms with van der Waals surface area (Å²) in [7, 11) is 1.55. The zero-order valence-corrected chi connectivity index (χ0v) is 18.0. The molecule has 3 aliphatic carbocycles. The first-order chi connectivity index (χ1) is 15.8. The highest BCUT2D eigenvalue weighted by atomic mass is 19.4. The molecule has 5 nitrogen and oxygen atoms in total. The summed E-state index contributed by atoms with van der Waals surface area (Å²) in [6.45, 7) is 0.303. The van der Waals surface area contributed by atoms with Crippen molar-refractivity contribution in [3.63, 3.8) is 0 Å². The lowest BCUT2D eigenvalue weighted by Gasteiger charge is -2.33. The van der Waals surface area contributed by atoms with Crippen LogP contribution in [0, 0.1) is 17.8 Å². The summed E-state index contributed by atoms with van der Waals surface area (Å²) in [6, 6.07) is -0.782.